The molecule has 144 valence electrons. The number of carbonyl (C=O) groups is 2. The SMILES string of the molecule is COC(=O)c1ccc(C)c(NC(=O)CN(c2ccccc2Cl)S(C)(=O)=O)c1. The van der Waals surface area contributed by atoms with Crippen molar-refractivity contribution in [2.75, 3.05) is 29.5 Å². The summed E-state index contributed by atoms with van der Waals surface area (Å²) in [5, 5.41) is 2.83. The van der Waals surface area contributed by atoms with Gasteiger partial charge in [0.05, 0.1) is 29.6 Å². The van der Waals surface area contributed by atoms with Gasteiger partial charge in [-0.25, -0.2) is 13.2 Å². The normalized spacial score (nSPS) is 11.0. The van der Waals surface area contributed by atoms with Gasteiger partial charge >= 0.3 is 5.97 Å². The van der Waals surface area contributed by atoms with E-state index in [9.17, 15) is 18.0 Å². The molecule has 0 bridgehead atoms. The molecular formula is C18H19ClN2O5S. The number of anilines is 2. The number of nitrogens with zero attached hydrogens (tertiary/aromatic N) is 1. The number of hydrogen-bond donors (Lipinski definition) is 1. The summed E-state index contributed by atoms with van der Waals surface area (Å²) in [6, 6.07) is 11.0. The molecule has 0 unspecified atom stereocenters. The zero-order valence-corrected chi connectivity index (χ0v) is 16.6. The first-order valence-electron chi connectivity index (χ1n) is 7.84. The number of rotatable bonds is 6. The average Bonchev–Trinajstić information content (AvgIpc) is 2.60. The minimum absolute atomic E-state index is 0.205. The molecule has 0 saturated carbocycles. The van der Waals surface area contributed by atoms with Crippen LogP contribution < -0.4 is 9.62 Å². The Morgan fingerprint density at radius 2 is 1.85 bits per heavy atom. The Morgan fingerprint density at radius 1 is 1.19 bits per heavy atom. The fraction of sp³-hybridized carbons (Fsp3) is 0.222. The molecule has 7 nitrogen and oxygen atoms in total. The Kier molecular flexibility index (Phi) is 6.45. The molecule has 0 heterocycles. The molecule has 1 N–H and O–H groups in total. The van der Waals surface area contributed by atoms with Crippen LogP contribution in [0.15, 0.2) is 42.5 Å². The zero-order valence-electron chi connectivity index (χ0n) is 15.0. The van der Waals surface area contributed by atoms with Crippen molar-refractivity contribution in [3.63, 3.8) is 0 Å². The number of ether oxygens (including phenoxy) is 1. The lowest BCUT2D eigenvalue weighted by atomic mass is 10.1. The van der Waals surface area contributed by atoms with Crippen LogP contribution in [0.5, 0.6) is 0 Å². The highest BCUT2D eigenvalue weighted by Gasteiger charge is 2.23. The van der Waals surface area contributed by atoms with Crippen LogP contribution in [0.1, 0.15) is 15.9 Å². The fourth-order valence-corrected chi connectivity index (χ4v) is 3.51. The molecule has 0 aliphatic heterocycles. The lowest BCUT2D eigenvalue weighted by molar-refractivity contribution is -0.114. The van der Waals surface area contributed by atoms with Crippen LogP contribution in [0.2, 0.25) is 5.02 Å². The van der Waals surface area contributed by atoms with Crippen LogP contribution in [0.3, 0.4) is 0 Å². The van der Waals surface area contributed by atoms with Gasteiger partial charge in [0.15, 0.2) is 0 Å². The lowest BCUT2D eigenvalue weighted by Gasteiger charge is -2.23. The second-order valence-corrected chi connectivity index (χ2v) is 8.10. The molecule has 0 saturated heterocycles. The highest BCUT2D eigenvalue weighted by atomic mass is 35.5. The van der Waals surface area contributed by atoms with E-state index in [1.807, 2.05) is 0 Å². The number of para-hydroxylation sites is 1. The molecule has 1 amide bonds. The van der Waals surface area contributed by atoms with Crippen LogP contribution in [0, 0.1) is 6.92 Å². The van der Waals surface area contributed by atoms with Gasteiger partial charge in [-0.05, 0) is 36.8 Å². The van der Waals surface area contributed by atoms with Crippen LogP contribution in [0.25, 0.3) is 0 Å². The van der Waals surface area contributed by atoms with Gasteiger partial charge in [-0.1, -0.05) is 29.8 Å². The van der Waals surface area contributed by atoms with E-state index < -0.39 is 28.4 Å². The summed E-state index contributed by atoms with van der Waals surface area (Å²) in [7, 11) is -2.49. The molecule has 0 spiro atoms. The van der Waals surface area contributed by atoms with Crippen molar-refractivity contribution in [1.29, 1.82) is 0 Å². The van der Waals surface area contributed by atoms with Crippen LogP contribution in [-0.4, -0.2) is 40.2 Å². The van der Waals surface area contributed by atoms with Crippen LogP contribution in [0.4, 0.5) is 11.4 Å². The molecular weight excluding hydrogens is 392 g/mol. The molecule has 2 rings (SSSR count). The van der Waals surface area contributed by atoms with E-state index >= 15 is 0 Å². The van der Waals surface area contributed by atoms with E-state index in [0.717, 1.165) is 10.6 Å². The average molecular weight is 411 g/mol. The van der Waals surface area contributed by atoms with E-state index in [2.05, 4.69) is 10.1 Å². The molecule has 0 aliphatic rings. The minimum atomic E-state index is -3.75. The van der Waals surface area contributed by atoms with Crippen LogP contribution >= 0.6 is 11.6 Å². The number of nitrogens with one attached hydrogen (secondary N) is 1. The Morgan fingerprint density at radius 3 is 2.44 bits per heavy atom. The summed E-state index contributed by atoms with van der Waals surface area (Å²) in [5.41, 5.74) is 1.57. The second-order valence-electron chi connectivity index (χ2n) is 5.79. The van der Waals surface area contributed by atoms with Crippen molar-refractivity contribution in [2.45, 2.75) is 6.92 Å². The molecule has 0 atom stereocenters. The number of sulfonamides is 1. The standard InChI is InChI=1S/C18H19ClN2O5S/c1-12-8-9-13(18(23)26-2)10-15(12)20-17(22)11-21(27(3,24)25)16-7-5-4-6-14(16)19/h4-10H,11H2,1-3H3,(H,20,22). The first kappa shape index (κ1) is 20.7. The maximum Gasteiger partial charge on any atom is 0.337 e. The Bertz CT molecular complexity index is 975. The molecule has 2 aromatic carbocycles. The lowest BCUT2D eigenvalue weighted by Crippen LogP contribution is -2.37. The van der Waals surface area contributed by atoms with Gasteiger partial charge in [-0.15, -0.1) is 0 Å². The van der Waals surface area contributed by atoms with E-state index in [0.29, 0.717) is 11.3 Å². The number of amides is 1. The Labute approximate surface area is 162 Å². The van der Waals surface area contributed by atoms with E-state index in [1.54, 1.807) is 31.2 Å². The smallest absolute Gasteiger partial charge is 0.337 e. The number of esters is 1. The number of methoxy groups -OCH3 is 1. The molecule has 9 heteroatoms. The zero-order chi connectivity index (χ0) is 20.2. The van der Waals surface area contributed by atoms with Crippen molar-refractivity contribution < 1.29 is 22.7 Å². The number of aryl methyl sites for hydroxylation is 1. The maximum atomic E-state index is 12.5. The first-order chi connectivity index (χ1) is 12.6. The quantitative estimate of drug-likeness (QED) is 0.739. The van der Waals surface area contributed by atoms with Gasteiger partial charge in [-0.3, -0.25) is 9.10 Å². The van der Waals surface area contributed by atoms with Crippen molar-refractivity contribution in [3.05, 3.63) is 58.6 Å². The third kappa shape index (κ3) is 5.21. The highest BCUT2D eigenvalue weighted by Crippen LogP contribution is 2.27. The summed E-state index contributed by atoms with van der Waals surface area (Å²) in [6.45, 7) is 1.28. The van der Waals surface area contributed by atoms with Gasteiger partial charge in [0.25, 0.3) is 0 Å². The second kappa shape index (κ2) is 8.41. The summed E-state index contributed by atoms with van der Waals surface area (Å²) < 4.78 is 29.9. The summed E-state index contributed by atoms with van der Waals surface area (Å²) in [6.07, 6.45) is 0.993. The van der Waals surface area contributed by atoms with Crippen molar-refractivity contribution in [1.82, 2.24) is 0 Å². The largest absolute Gasteiger partial charge is 0.465 e. The van der Waals surface area contributed by atoms with Crippen LogP contribution in [-0.2, 0) is 19.6 Å². The summed E-state index contributed by atoms with van der Waals surface area (Å²) >= 11 is 6.08. The third-order valence-electron chi connectivity index (χ3n) is 3.74. The third-order valence-corrected chi connectivity index (χ3v) is 5.19. The molecule has 0 aliphatic carbocycles. The Hall–Kier alpha value is -2.58. The number of benzene rings is 2. The minimum Gasteiger partial charge on any atom is -0.465 e. The van der Waals surface area contributed by atoms with Crippen molar-refractivity contribution in [2.24, 2.45) is 0 Å². The molecule has 27 heavy (non-hydrogen) atoms. The molecule has 0 radical (unpaired) electrons. The van der Waals surface area contributed by atoms with Gasteiger partial charge in [0.2, 0.25) is 15.9 Å². The fourth-order valence-electron chi connectivity index (χ4n) is 2.36. The number of halogens is 1. The monoisotopic (exact) mass is 410 g/mol. The topological polar surface area (TPSA) is 92.8 Å². The predicted octanol–water partition coefficient (Wildman–Crippen LogP) is 2.84. The molecule has 0 fully saturated rings. The van der Waals surface area contributed by atoms with Crippen molar-refractivity contribution in [3.8, 4) is 0 Å². The molecule has 0 aromatic heterocycles. The van der Waals surface area contributed by atoms with Gasteiger partial charge in [0, 0.05) is 5.69 Å². The highest BCUT2D eigenvalue weighted by molar-refractivity contribution is 7.92. The number of carbonyl (C=O) groups excluding carboxylic acids is 2. The maximum absolute atomic E-state index is 12.5. The van der Waals surface area contributed by atoms with E-state index in [4.69, 9.17) is 11.6 Å². The van der Waals surface area contributed by atoms with Gasteiger partial charge in [-0.2, -0.15) is 0 Å². The summed E-state index contributed by atoms with van der Waals surface area (Å²) in [4.78, 5) is 24.1. The Balaban J connectivity index is 2.27. The number of hydrogen-bond acceptors (Lipinski definition) is 5. The van der Waals surface area contributed by atoms with E-state index in [-0.39, 0.29) is 16.3 Å². The first-order valence-corrected chi connectivity index (χ1v) is 10.1. The van der Waals surface area contributed by atoms with Crippen molar-refractivity contribution >= 4 is 44.9 Å². The predicted molar refractivity (Wildman–Crippen MR) is 105 cm³/mol. The molecule has 2 aromatic rings. The van der Waals surface area contributed by atoms with Gasteiger partial charge in [0.1, 0.15) is 6.54 Å². The summed E-state index contributed by atoms with van der Waals surface area (Å²) in [5.74, 6) is -1.12. The van der Waals surface area contributed by atoms with Gasteiger partial charge < -0.3 is 10.1 Å². The van der Waals surface area contributed by atoms with E-state index in [1.165, 1.54) is 25.3 Å².